The standard InChI is InChI=1S/C22H24F2N2O5S/c1-16-14-19(6-7-20(16)24)32(28,29)26-12-13-31-22(26)8-10-25(11-9-22)21(27)15-30-18-4-2-17(23)3-5-18/h2-7,14H,8-13,15H2,1H3. The van der Waals surface area contributed by atoms with Crippen LogP contribution in [0.5, 0.6) is 5.75 Å². The maximum absolute atomic E-state index is 13.6. The average molecular weight is 467 g/mol. The summed E-state index contributed by atoms with van der Waals surface area (Å²) in [5.41, 5.74) is -0.780. The van der Waals surface area contributed by atoms with Crippen LogP contribution in [0.3, 0.4) is 0 Å². The van der Waals surface area contributed by atoms with E-state index in [0.29, 0.717) is 31.7 Å². The molecule has 2 aromatic rings. The number of carbonyl (C=O) groups excluding carboxylic acids is 1. The molecule has 0 radical (unpaired) electrons. The second-order valence-corrected chi connectivity index (χ2v) is 9.77. The molecule has 0 N–H and O–H groups in total. The molecule has 2 aliphatic rings. The Morgan fingerprint density at radius 3 is 2.44 bits per heavy atom. The molecular weight excluding hydrogens is 442 g/mol. The second kappa shape index (κ2) is 8.76. The molecule has 0 atom stereocenters. The molecule has 2 aliphatic heterocycles. The monoisotopic (exact) mass is 466 g/mol. The highest BCUT2D eigenvalue weighted by molar-refractivity contribution is 7.89. The zero-order valence-corrected chi connectivity index (χ0v) is 18.4. The molecule has 2 heterocycles. The molecule has 2 saturated heterocycles. The SMILES string of the molecule is Cc1cc(S(=O)(=O)N2CCOC23CCN(C(=O)COc2ccc(F)cc2)CC3)ccc1F. The third-order valence-electron chi connectivity index (χ3n) is 5.91. The molecule has 0 aliphatic carbocycles. The molecular formula is C22H24F2N2O5S. The average Bonchev–Trinajstić information content (AvgIpc) is 3.19. The van der Waals surface area contributed by atoms with Gasteiger partial charge in [0.1, 0.15) is 23.1 Å². The molecule has 7 nitrogen and oxygen atoms in total. The Labute approximate surface area is 185 Å². The number of rotatable bonds is 5. The van der Waals surface area contributed by atoms with Crippen molar-refractivity contribution in [2.75, 3.05) is 32.8 Å². The Kier molecular flexibility index (Phi) is 6.19. The summed E-state index contributed by atoms with van der Waals surface area (Å²) in [5.74, 6) is -0.715. The molecule has 0 unspecified atom stereocenters. The maximum atomic E-state index is 13.6. The number of hydrogen-bond donors (Lipinski definition) is 0. The van der Waals surface area contributed by atoms with Gasteiger partial charge in [-0.1, -0.05) is 0 Å². The van der Waals surface area contributed by atoms with Crippen LogP contribution < -0.4 is 4.74 Å². The quantitative estimate of drug-likeness (QED) is 0.677. The fourth-order valence-electron chi connectivity index (χ4n) is 4.10. The van der Waals surface area contributed by atoms with E-state index in [1.807, 2.05) is 0 Å². The Morgan fingerprint density at radius 1 is 1.09 bits per heavy atom. The highest BCUT2D eigenvalue weighted by Crippen LogP contribution is 2.38. The lowest BCUT2D eigenvalue weighted by Gasteiger charge is -2.42. The number of carbonyl (C=O) groups is 1. The summed E-state index contributed by atoms with van der Waals surface area (Å²) in [5, 5.41) is 0. The zero-order valence-electron chi connectivity index (χ0n) is 17.6. The highest BCUT2D eigenvalue weighted by atomic mass is 32.2. The lowest BCUT2D eigenvalue weighted by atomic mass is 10.0. The van der Waals surface area contributed by atoms with E-state index in [2.05, 4.69) is 0 Å². The minimum absolute atomic E-state index is 0.0208. The zero-order chi connectivity index (χ0) is 22.9. The Morgan fingerprint density at radius 2 is 1.78 bits per heavy atom. The number of piperidine rings is 1. The lowest BCUT2D eigenvalue weighted by Crippen LogP contribution is -2.56. The van der Waals surface area contributed by atoms with Crippen LogP contribution in [0.15, 0.2) is 47.4 Å². The summed E-state index contributed by atoms with van der Waals surface area (Å²) in [4.78, 5) is 14.2. The normalized spacial score (nSPS) is 18.8. The van der Waals surface area contributed by atoms with Gasteiger partial charge in [0.25, 0.3) is 5.91 Å². The number of amides is 1. The van der Waals surface area contributed by atoms with E-state index >= 15 is 0 Å². The van der Waals surface area contributed by atoms with E-state index in [4.69, 9.17) is 9.47 Å². The van der Waals surface area contributed by atoms with Gasteiger partial charge in [-0.25, -0.2) is 17.2 Å². The molecule has 10 heteroatoms. The van der Waals surface area contributed by atoms with E-state index in [1.165, 1.54) is 47.6 Å². The van der Waals surface area contributed by atoms with Crippen LogP contribution in [0.1, 0.15) is 18.4 Å². The first-order valence-corrected chi connectivity index (χ1v) is 11.7. The number of halogens is 2. The van der Waals surface area contributed by atoms with Crippen LogP contribution in [-0.2, 0) is 19.6 Å². The van der Waals surface area contributed by atoms with Gasteiger partial charge in [0.2, 0.25) is 10.0 Å². The van der Waals surface area contributed by atoms with Crippen molar-refractivity contribution in [2.45, 2.75) is 30.4 Å². The third-order valence-corrected chi connectivity index (χ3v) is 7.86. The second-order valence-electron chi connectivity index (χ2n) is 7.91. The van der Waals surface area contributed by atoms with Crippen LogP contribution in [0.4, 0.5) is 8.78 Å². The van der Waals surface area contributed by atoms with E-state index in [0.717, 1.165) is 6.07 Å². The number of benzene rings is 2. The fraction of sp³-hybridized carbons (Fsp3) is 0.409. The predicted octanol–water partition coefficient (Wildman–Crippen LogP) is 2.69. The summed E-state index contributed by atoms with van der Waals surface area (Å²) >= 11 is 0. The van der Waals surface area contributed by atoms with Crippen LogP contribution in [0, 0.1) is 18.6 Å². The van der Waals surface area contributed by atoms with E-state index < -0.39 is 27.4 Å². The molecule has 1 amide bonds. The van der Waals surface area contributed by atoms with Crippen LogP contribution in [0.2, 0.25) is 0 Å². The molecule has 2 fully saturated rings. The van der Waals surface area contributed by atoms with Crippen molar-refractivity contribution in [3.63, 3.8) is 0 Å². The summed E-state index contributed by atoms with van der Waals surface area (Å²) in [6.45, 7) is 2.38. The van der Waals surface area contributed by atoms with Gasteiger partial charge in [0, 0.05) is 32.5 Å². The minimum atomic E-state index is -3.89. The van der Waals surface area contributed by atoms with Crippen molar-refractivity contribution in [2.24, 2.45) is 0 Å². The van der Waals surface area contributed by atoms with Gasteiger partial charge >= 0.3 is 0 Å². The number of aryl methyl sites for hydroxylation is 1. The number of nitrogens with zero attached hydrogens (tertiary/aromatic N) is 2. The van der Waals surface area contributed by atoms with Gasteiger partial charge in [0.05, 0.1) is 11.5 Å². The Balaban J connectivity index is 1.41. The van der Waals surface area contributed by atoms with E-state index in [9.17, 15) is 22.0 Å². The largest absolute Gasteiger partial charge is 0.484 e. The number of sulfonamides is 1. The van der Waals surface area contributed by atoms with Gasteiger partial charge in [-0.3, -0.25) is 4.79 Å². The van der Waals surface area contributed by atoms with E-state index in [1.54, 1.807) is 4.90 Å². The molecule has 0 saturated carbocycles. The number of hydrogen-bond acceptors (Lipinski definition) is 5. The third kappa shape index (κ3) is 4.35. The molecule has 0 aromatic heterocycles. The van der Waals surface area contributed by atoms with Gasteiger partial charge in [-0.2, -0.15) is 4.31 Å². The predicted molar refractivity (Wildman–Crippen MR) is 111 cm³/mol. The molecule has 4 rings (SSSR count). The van der Waals surface area contributed by atoms with Crippen LogP contribution >= 0.6 is 0 Å². The van der Waals surface area contributed by atoms with Crippen molar-refractivity contribution < 1.29 is 31.5 Å². The first-order chi connectivity index (χ1) is 15.2. The topological polar surface area (TPSA) is 76.2 Å². The van der Waals surface area contributed by atoms with Crippen LogP contribution in [0.25, 0.3) is 0 Å². The van der Waals surface area contributed by atoms with Crippen molar-refractivity contribution >= 4 is 15.9 Å². The summed E-state index contributed by atoms with van der Waals surface area (Å²) in [6, 6.07) is 9.12. The lowest BCUT2D eigenvalue weighted by molar-refractivity contribution is -0.142. The molecule has 32 heavy (non-hydrogen) atoms. The number of ether oxygens (including phenoxy) is 2. The van der Waals surface area contributed by atoms with Crippen molar-refractivity contribution in [3.8, 4) is 5.75 Å². The number of likely N-dealkylation sites (tertiary alicyclic amines) is 1. The summed E-state index contributed by atoms with van der Waals surface area (Å²) in [6.07, 6.45) is 0.628. The minimum Gasteiger partial charge on any atom is -0.484 e. The summed E-state index contributed by atoms with van der Waals surface area (Å²) in [7, 11) is -3.89. The van der Waals surface area contributed by atoms with E-state index in [-0.39, 0.29) is 36.1 Å². The van der Waals surface area contributed by atoms with Crippen molar-refractivity contribution in [1.82, 2.24) is 9.21 Å². The Bertz CT molecular complexity index is 1100. The molecule has 172 valence electrons. The van der Waals surface area contributed by atoms with Gasteiger partial charge in [0.15, 0.2) is 6.61 Å². The highest BCUT2D eigenvalue weighted by Gasteiger charge is 2.51. The molecule has 2 aromatic carbocycles. The van der Waals surface area contributed by atoms with Crippen molar-refractivity contribution in [1.29, 1.82) is 0 Å². The van der Waals surface area contributed by atoms with Crippen molar-refractivity contribution in [3.05, 3.63) is 59.7 Å². The first-order valence-electron chi connectivity index (χ1n) is 10.3. The smallest absolute Gasteiger partial charge is 0.260 e. The summed E-state index contributed by atoms with van der Waals surface area (Å²) < 4.78 is 65.8. The maximum Gasteiger partial charge on any atom is 0.260 e. The van der Waals surface area contributed by atoms with Gasteiger partial charge in [-0.05, 0) is 55.0 Å². The Hall–Kier alpha value is -2.56. The molecule has 1 spiro atoms. The van der Waals surface area contributed by atoms with Gasteiger partial charge < -0.3 is 14.4 Å². The molecule has 0 bridgehead atoms. The first kappa shape index (κ1) is 22.6. The van der Waals surface area contributed by atoms with Gasteiger partial charge in [-0.15, -0.1) is 0 Å². The van der Waals surface area contributed by atoms with Crippen LogP contribution in [-0.4, -0.2) is 62.1 Å². The fourth-order valence-corrected chi connectivity index (χ4v) is 5.91.